The van der Waals surface area contributed by atoms with Gasteiger partial charge in [0.2, 0.25) is 5.91 Å². The molecule has 0 aliphatic carbocycles. The van der Waals surface area contributed by atoms with Gasteiger partial charge in [-0.3, -0.25) is 9.48 Å². The third kappa shape index (κ3) is 4.65. The van der Waals surface area contributed by atoms with Crippen LogP contribution in [0.2, 0.25) is 0 Å². The molecule has 0 aliphatic heterocycles. The predicted molar refractivity (Wildman–Crippen MR) is 91.4 cm³/mol. The molecule has 0 aliphatic rings. The first-order valence-electron chi connectivity index (χ1n) is 7.53. The number of amides is 1. The second-order valence-corrected chi connectivity index (χ2v) is 6.47. The van der Waals surface area contributed by atoms with Crippen LogP contribution in [0.5, 0.6) is 0 Å². The van der Waals surface area contributed by atoms with Gasteiger partial charge in [-0.05, 0) is 37.8 Å². The molecule has 2 atom stereocenters. The fraction of sp³-hybridized carbons (Fsp3) is 0.438. The van der Waals surface area contributed by atoms with Gasteiger partial charge in [0.05, 0.1) is 17.8 Å². The number of aromatic nitrogens is 2. The molecule has 2 rings (SSSR count). The number of hydrogen-bond acceptors (Lipinski definition) is 5. The van der Waals surface area contributed by atoms with Crippen molar-refractivity contribution in [3.05, 3.63) is 35.0 Å². The van der Waals surface area contributed by atoms with Gasteiger partial charge < -0.3 is 10.6 Å². The van der Waals surface area contributed by atoms with Gasteiger partial charge in [0, 0.05) is 25.2 Å². The second-order valence-electron chi connectivity index (χ2n) is 5.55. The lowest BCUT2D eigenvalue weighted by atomic mass is 10.1. The topological polar surface area (TPSA) is 82.7 Å². The molecule has 7 heteroatoms. The van der Waals surface area contributed by atoms with E-state index in [0.29, 0.717) is 23.5 Å². The Morgan fingerprint density at radius 1 is 1.52 bits per heavy atom. The highest BCUT2D eigenvalue weighted by molar-refractivity contribution is 7.14. The van der Waals surface area contributed by atoms with Crippen LogP contribution in [0.1, 0.15) is 37.4 Å². The number of carbonyl (C=O) groups is 1. The van der Waals surface area contributed by atoms with Crippen LogP contribution in [0, 0.1) is 18.3 Å². The van der Waals surface area contributed by atoms with Crippen molar-refractivity contribution >= 4 is 22.2 Å². The van der Waals surface area contributed by atoms with Gasteiger partial charge in [0.25, 0.3) is 0 Å². The summed E-state index contributed by atoms with van der Waals surface area (Å²) < 4.78 is 1.93. The first-order chi connectivity index (χ1) is 11.0. The molecule has 1 amide bonds. The molecule has 122 valence electrons. The molecule has 0 spiro atoms. The smallest absolute Gasteiger partial charge is 0.226 e. The number of hydrogen-bond donors (Lipinski definition) is 2. The average Bonchev–Trinajstić information content (AvgIpc) is 3.15. The van der Waals surface area contributed by atoms with Gasteiger partial charge >= 0.3 is 0 Å². The maximum Gasteiger partial charge on any atom is 0.226 e. The van der Waals surface area contributed by atoms with E-state index in [4.69, 9.17) is 5.26 Å². The number of nitrogens with one attached hydrogen (secondary N) is 2. The molecule has 0 bridgehead atoms. The van der Waals surface area contributed by atoms with Crippen molar-refractivity contribution in [3.63, 3.8) is 0 Å². The summed E-state index contributed by atoms with van der Waals surface area (Å²) in [5.41, 5.74) is 1.64. The molecule has 0 radical (unpaired) electrons. The summed E-state index contributed by atoms with van der Waals surface area (Å²) in [5.74, 6) is -0.0914. The van der Waals surface area contributed by atoms with E-state index in [-0.39, 0.29) is 18.0 Å². The summed E-state index contributed by atoms with van der Waals surface area (Å²) in [6, 6.07) is 4.16. The zero-order valence-electron chi connectivity index (χ0n) is 13.5. The van der Waals surface area contributed by atoms with Crippen molar-refractivity contribution < 1.29 is 4.79 Å². The summed E-state index contributed by atoms with van der Waals surface area (Å²) in [4.78, 5) is 11.9. The van der Waals surface area contributed by atoms with Crippen LogP contribution in [-0.2, 0) is 4.79 Å². The molecule has 0 aromatic carbocycles. The Balaban J connectivity index is 1.76. The maximum atomic E-state index is 11.9. The van der Waals surface area contributed by atoms with E-state index in [1.54, 1.807) is 11.4 Å². The van der Waals surface area contributed by atoms with E-state index in [2.05, 4.69) is 35.6 Å². The minimum atomic E-state index is -0.0914. The first kappa shape index (κ1) is 17.2. The Hall–Kier alpha value is -2.17. The summed E-state index contributed by atoms with van der Waals surface area (Å²) in [6.45, 7) is 6.76. The molecular formula is C16H21N5OS. The third-order valence-electron chi connectivity index (χ3n) is 3.73. The molecule has 0 saturated heterocycles. The Morgan fingerprint density at radius 3 is 2.96 bits per heavy atom. The molecule has 0 fully saturated rings. The lowest BCUT2D eigenvalue weighted by molar-refractivity contribution is -0.116. The quantitative estimate of drug-likeness (QED) is 0.817. The van der Waals surface area contributed by atoms with Gasteiger partial charge in [-0.25, -0.2) is 0 Å². The highest BCUT2D eigenvalue weighted by atomic mass is 32.1. The van der Waals surface area contributed by atoms with Crippen molar-refractivity contribution in [1.29, 1.82) is 5.26 Å². The zero-order valence-corrected chi connectivity index (χ0v) is 14.4. The normalized spacial score (nSPS) is 13.3. The highest BCUT2D eigenvalue weighted by Crippen LogP contribution is 2.22. The molecule has 2 aromatic rings. The molecule has 0 saturated carbocycles. The SMILES string of the molecule is Cc1cnn([C@@H](C)[C@@H](C)NCCC(=O)Nc2sccc2C#N)c1. The fourth-order valence-electron chi connectivity index (χ4n) is 2.15. The van der Waals surface area contributed by atoms with Gasteiger partial charge in [-0.2, -0.15) is 10.4 Å². The van der Waals surface area contributed by atoms with E-state index in [0.717, 1.165) is 5.56 Å². The largest absolute Gasteiger partial charge is 0.317 e. The number of aryl methyl sites for hydroxylation is 1. The highest BCUT2D eigenvalue weighted by Gasteiger charge is 2.15. The van der Waals surface area contributed by atoms with Crippen molar-refractivity contribution in [2.24, 2.45) is 0 Å². The van der Waals surface area contributed by atoms with Gasteiger partial charge in [0.1, 0.15) is 11.1 Å². The van der Waals surface area contributed by atoms with Crippen molar-refractivity contribution in [3.8, 4) is 6.07 Å². The zero-order chi connectivity index (χ0) is 16.8. The van der Waals surface area contributed by atoms with Gasteiger partial charge in [-0.15, -0.1) is 11.3 Å². The average molecular weight is 331 g/mol. The van der Waals surface area contributed by atoms with Gasteiger partial charge in [0.15, 0.2) is 0 Å². The summed E-state index contributed by atoms with van der Waals surface area (Å²) in [7, 11) is 0. The third-order valence-corrected chi connectivity index (χ3v) is 4.56. The fourth-order valence-corrected chi connectivity index (χ4v) is 2.91. The van der Waals surface area contributed by atoms with Gasteiger partial charge in [-0.1, -0.05) is 0 Å². The molecular weight excluding hydrogens is 310 g/mol. The van der Waals surface area contributed by atoms with Crippen LogP contribution in [0.4, 0.5) is 5.00 Å². The number of thiophene rings is 1. The van der Waals surface area contributed by atoms with E-state index in [1.807, 2.05) is 24.0 Å². The molecule has 2 heterocycles. The number of nitrogens with zero attached hydrogens (tertiary/aromatic N) is 3. The summed E-state index contributed by atoms with van der Waals surface area (Å²) >= 11 is 1.36. The summed E-state index contributed by atoms with van der Waals surface area (Å²) in [5, 5.41) is 21.8. The molecule has 6 nitrogen and oxygen atoms in total. The van der Waals surface area contributed by atoms with Crippen LogP contribution >= 0.6 is 11.3 Å². The minimum Gasteiger partial charge on any atom is -0.317 e. The maximum absolute atomic E-state index is 11.9. The molecule has 2 N–H and O–H groups in total. The monoisotopic (exact) mass is 331 g/mol. The van der Waals surface area contributed by atoms with E-state index in [1.165, 1.54) is 11.3 Å². The lowest BCUT2D eigenvalue weighted by Gasteiger charge is -2.21. The van der Waals surface area contributed by atoms with Crippen LogP contribution in [0.25, 0.3) is 0 Å². The van der Waals surface area contributed by atoms with E-state index < -0.39 is 0 Å². The molecule has 2 aromatic heterocycles. The first-order valence-corrected chi connectivity index (χ1v) is 8.40. The molecule has 23 heavy (non-hydrogen) atoms. The number of carbonyl (C=O) groups excluding carboxylic acids is 1. The standard InChI is InChI=1S/C16H21N5OS/c1-11-9-19-21(10-11)13(3)12(2)18-6-4-15(22)20-16-14(8-17)5-7-23-16/h5,7,9-10,12-13,18H,4,6H2,1-3H3,(H,20,22)/t12-,13+/m1/s1. The second kappa shape index (κ2) is 7.90. The van der Waals surface area contributed by atoms with Crippen LogP contribution in [0.3, 0.4) is 0 Å². The van der Waals surface area contributed by atoms with E-state index in [9.17, 15) is 4.79 Å². The van der Waals surface area contributed by atoms with Crippen LogP contribution in [-0.4, -0.2) is 28.3 Å². The van der Waals surface area contributed by atoms with Crippen molar-refractivity contribution in [2.45, 2.75) is 39.3 Å². The number of rotatable bonds is 7. The van der Waals surface area contributed by atoms with Crippen LogP contribution in [0.15, 0.2) is 23.8 Å². The Bertz CT molecular complexity index is 699. The summed E-state index contributed by atoms with van der Waals surface area (Å²) in [6.07, 6.45) is 4.21. The van der Waals surface area contributed by atoms with Crippen LogP contribution < -0.4 is 10.6 Å². The number of nitriles is 1. The van der Waals surface area contributed by atoms with Crippen molar-refractivity contribution in [1.82, 2.24) is 15.1 Å². The minimum absolute atomic E-state index is 0.0914. The van der Waals surface area contributed by atoms with E-state index >= 15 is 0 Å². The lowest BCUT2D eigenvalue weighted by Crippen LogP contribution is -2.35. The Morgan fingerprint density at radius 2 is 2.30 bits per heavy atom. The molecule has 0 unspecified atom stereocenters. The van der Waals surface area contributed by atoms with Crippen molar-refractivity contribution in [2.75, 3.05) is 11.9 Å². The Kier molecular flexibility index (Phi) is 5.90. The number of anilines is 1. The predicted octanol–water partition coefficient (Wildman–Crippen LogP) is 2.69. The Labute approximate surface area is 140 Å².